The molecule has 6 heteroatoms. The Morgan fingerprint density at radius 3 is 2.23 bits per heavy atom. The summed E-state index contributed by atoms with van der Waals surface area (Å²) in [6.45, 7) is 5.79. The SMILES string of the molecule is CC(=O)N(CCC(=O)Nc1ccc(F)c(F)c1)c1ccc(C(C)C)cc1. The van der Waals surface area contributed by atoms with Crippen LogP contribution in [0.15, 0.2) is 42.5 Å². The molecule has 4 nitrogen and oxygen atoms in total. The Morgan fingerprint density at radius 1 is 1.04 bits per heavy atom. The Labute approximate surface area is 151 Å². The molecule has 2 aromatic carbocycles. The average molecular weight is 360 g/mol. The molecule has 2 amide bonds. The van der Waals surface area contributed by atoms with Gasteiger partial charge in [-0.25, -0.2) is 8.78 Å². The molecule has 0 atom stereocenters. The zero-order valence-electron chi connectivity index (χ0n) is 15.1. The van der Waals surface area contributed by atoms with E-state index in [0.717, 1.165) is 17.7 Å². The lowest BCUT2D eigenvalue weighted by Gasteiger charge is -2.21. The third-order valence-corrected chi connectivity index (χ3v) is 4.02. The molecule has 26 heavy (non-hydrogen) atoms. The Balaban J connectivity index is 2.00. The summed E-state index contributed by atoms with van der Waals surface area (Å²) in [6, 6.07) is 10.8. The van der Waals surface area contributed by atoms with E-state index in [1.54, 1.807) is 0 Å². The standard InChI is InChI=1S/C20H22F2N2O2/c1-13(2)15-4-7-17(8-5-15)24(14(3)25)11-10-20(26)23-16-6-9-18(21)19(22)12-16/h4-9,12-13H,10-11H2,1-3H3,(H,23,26). The number of amides is 2. The van der Waals surface area contributed by atoms with E-state index >= 15 is 0 Å². The van der Waals surface area contributed by atoms with E-state index in [1.807, 2.05) is 24.3 Å². The number of nitrogens with one attached hydrogen (secondary N) is 1. The van der Waals surface area contributed by atoms with Crippen LogP contribution in [0.5, 0.6) is 0 Å². The summed E-state index contributed by atoms with van der Waals surface area (Å²) in [5.41, 5.74) is 2.04. The van der Waals surface area contributed by atoms with Crippen LogP contribution in [0.25, 0.3) is 0 Å². The predicted molar refractivity (Wildman–Crippen MR) is 98.2 cm³/mol. The first kappa shape index (κ1) is 19.6. The minimum atomic E-state index is -1.03. The normalized spacial score (nSPS) is 10.7. The highest BCUT2D eigenvalue weighted by atomic mass is 19.2. The second kappa shape index (κ2) is 8.56. The van der Waals surface area contributed by atoms with Crippen molar-refractivity contribution in [2.75, 3.05) is 16.8 Å². The van der Waals surface area contributed by atoms with Gasteiger partial charge in [-0.15, -0.1) is 0 Å². The van der Waals surface area contributed by atoms with Crippen molar-refractivity contribution in [3.05, 3.63) is 59.7 Å². The van der Waals surface area contributed by atoms with Gasteiger partial charge in [0.15, 0.2) is 11.6 Å². The van der Waals surface area contributed by atoms with Gasteiger partial charge in [-0.3, -0.25) is 9.59 Å². The molecule has 2 rings (SSSR count). The van der Waals surface area contributed by atoms with Crippen molar-refractivity contribution in [3.63, 3.8) is 0 Å². The van der Waals surface area contributed by atoms with Crippen molar-refractivity contribution in [1.29, 1.82) is 0 Å². The molecule has 0 heterocycles. The second-order valence-electron chi connectivity index (χ2n) is 6.34. The molecule has 0 bridgehead atoms. The van der Waals surface area contributed by atoms with Crippen molar-refractivity contribution in [1.82, 2.24) is 0 Å². The lowest BCUT2D eigenvalue weighted by atomic mass is 10.0. The van der Waals surface area contributed by atoms with Crippen LogP contribution in [0.2, 0.25) is 0 Å². The topological polar surface area (TPSA) is 49.4 Å². The third-order valence-electron chi connectivity index (χ3n) is 4.02. The quantitative estimate of drug-likeness (QED) is 0.826. The molecule has 1 N–H and O–H groups in total. The third kappa shape index (κ3) is 5.12. The molecule has 0 saturated carbocycles. The summed E-state index contributed by atoms with van der Waals surface area (Å²) in [5.74, 6) is -2.19. The molecule has 0 radical (unpaired) electrons. The van der Waals surface area contributed by atoms with E-state index in [4.69, 9.17) is 0 Å². The first-order valence-electron chi connectivity index (χ1n) is 8.41. The van der Waals surface area contributed by atoms with Crippen LogP contribution in [-0.2, 0) is 9.59 Å². The zero-order chi connectivity index (χ0) is 19.3. The summed E-state index contributed by atoms with van der Waals surface area (Å²) in [6.07, 6.45) is 0.0322. The summed E-state index contributed by atoms with van der Waals surface area (Å²) >= 11 is 0. The fourth-order valence-corrected chi connectivity index (χ4v) is 2.52. The Kier molecular flexibility index (Phi) is 6.44. The van der Waals surface area contributed by atoms with Crippen LogP contribution in [0, 0.1) is 11.6 Å². The van der Waals surface area contributed by atoms with Gasteiger partial charge in [0.05, 0.1) is 0 Å². The lowest BCUT2D eigenvalue weighted by Crippen LogP contribution is -2.32. The Morgan fingerprint density at radius 2 is 1.69 bits per heavy atom. The highest BCUT2D eigenvalue weighted by Gasteiger charge is 2.14. The van der Waals surface area contributed by atoms with Crippen molar-refractivity contribution in [3.8, 4) is 0 Å². The highest BCUT2D eigenvalue weighted by molar-refractivity contribution is 5.94. The lowest BCUT2D eigenvalue weighted by molar-refractivity contribution is -0.117. The molecular weight excluding hydrogens is 338 g/mol. The summed E-state index contributed by atoms with van der Waals surface area (Å²) < 4.78 is 26.1. The number of rotatable bonds is 6. The molecule has 0 aliphatic heterocycles. The van der Waals surface area contributed by atoms with Crippen molar-refractivity contribution in [2.45, 2.75) is 33.1 Å². The number of nitrogens with zero attached hydrogens (tertiary/aromatic N) is 1. The maximum atomic E-state index is 13.2. The minimum absolute atomic E-state index is 0.0322. The first-order valence-corrected chi connectivity index (χ1v) is 8.41. The fraction of sp³-hybridized carbons (Fsp3) is 0.300. The Bertz CT molecular complexity index is 789. The number of carbonyl (C=O) groups is 2. The maximum absolute atomic E-state index is 13.2. The van der Waals surface area contributed by atoms with Gasteiger partial charge in [0.25, 0.3) is 0 Å². The van der Waals surface area contributed by atoms with E-state index in [-0.39, 0.29) is 30.5 Å². The molecule has 0 unspecified atom stereocenters. The average Bonchev–Trinajstić information content (AvgIpc) is 2.58. The highest BCUT2D eigenvalue weighted by Crippen LogP contribution is 2.21. The second-order valence-corrected chi connectivity index (χ2v) is 6.34. The van der Waals surface area contributed by atoms with E-state index in [2.05, 4.69) is 19.2 Å². The van der Waals surface area contributed by atoms with Crippen molar-refractivity contribution in [2.24, 2.45) is 0 Å². The summed E-state index contributed by atoms with van der Waals surface area (Å²) in [5, 5.41) is 2.50. The van der Waals surface area contributed by atoms with Gasteiger partial charge in [0, 0.05) is 37.3 Å². The fourth-order valence-electron chi connectivity index (χ4n) is 2.52. The van der Waals surface area contributed by atoms with Crippen LogP contribution >= 0.6 is 0 Å². The molecule has 138 valence electrons. The number of benzene rings is 2. The number of hydrogen-bond acceptors (Lipinski definition) is 2. The minimum Gasteiger partial charge on any atom is -0.326 e. The molecule has 0 saturated heterocycles. The number of carbonyl (C=O) groups excluding carboxylic acids is 2. The molecule has 0 aliphatic rings. The number of anilines is 2. The largest absolute Gasteiger partial charge is 0.326 e. The van der Waals surface area contributed by atoms with Gasteiger partial charge in [0.2, 0.25) is 11.8 Å². The molecule has 0 spiro atoms. The van der Waals surface area contributed by atoms with Gasteiger partial charge in [-0.2, -0.15) is 0 Å². The van der Waals surface area contributed by atoms with Crippen LogP contribution in [0.4, 0.5) is 20.2 Å². The van der Waals surface area contributed by atoms with Crippen LogP contribution in [0.1, 0.15) is 38.7 Å². The van der Waals surface area contributed by atoms with Crippen molar-refractivity contribution < 1.29 is 18.4 Å². The Hall–Kier alpha value is -2.76. The maximum Gasteiger partial charge on any atom is 0.226 e. The molecule has 0 aliphatic carbocycles. The van der Waals surface area contributed by atoms with Gasteiger partial charge in [0.1, 0.15) is 0 Å². The van der Waals surface area contributed by atoms with E-state index in [9.17, 15) is 18.4 Å². The smallest absolute Gasteiger partial charge is 0.226 e. The first-order chi connectivity index (χ1) is 12.3. The van der Waals surface area contributed by atoms with Gasteiger partial charge in [-0.1, -0.05) is 26.0 Å². The molecule has 0 aromatic heterocycles. The number of halogens is 2. The van der Waals surface area contributed by atoms with Crippen LogP contribution in [-0.4, -0.2) is 18.4 Å². The summed E-state index contributed by atoms with van der Waals surface area (Å²) in [4.78, 5) is 25.5. The van der Waals surface area contributed by atoms with Crippen molar-refractivity contribution >= 4 is 23.2 Å². The summed E-state index contributed by atoms with van der Waals surface area (Å²) in [7, 11) is 0. The van der Waals surface area contributed by atoms with Gasteiger partial charge in [-0.05, 0) is 35.7 Å². The van der Waals surface area contributed by atoms with E-state index < -0.39 is 11.6 Å². The van der Waals surface area contributed by atoms with E-state index in [0.29, 0.717) is 11.6 Å². The zero-order valence-corrected chi connectivity index (χ0v) is 15.1. The van der Waals surface area contributed by atoms with Crippen LogP contribution in [0.3, 0.4) is 0 Å². The van der Waals surface area contributed by atoms with Gasteiger partial charge < -0.3 is 10.2 Å². The van der Waals surface area contributed by atoms with Gasteiger partial charge >= 0.3 is 0 Å². The monoisotopic (exact) mass is 360 g/mol. The molecule has 2 aromatic rings. The van der Waals surface area contributed by atoms with Crippen LogP contribution < -0.4 is 10.2 Å². The van der Waals surface area contributed by atoms with E-state index in [1.165, 1.54) is 17.9 Å². The predicted octanol–water partition coefficient (Wildman–Crippen LogP) is 4.47. The molecule has 0 fully saturated rings. The number of hydrogen-bond donors (Lipinski definition) is 1. The molecular formula is C20H22F2N2O2.